The highest BCUT2D eigenvalue weighted by atomic mass is 79.9. The smallest absolute Gasteiger partial charge is 0.0421 e. The minimum Gasteiger partial charge on any atom is -0.309 e. The summed E-state index contributed by atoms with van der Waals surface area (Å²) >= 11 is 3.52. The predicted octanol–water partition coefficient (Wildman–Crippen LogP) is 2.27. The van der Waals surface area contributed by atoms with Crippen LogP contribution in [0.25, 0.3) is 0 Å². The first kappa shape index (κ1) is 8.27. The summed E-state index contributed by atoms with van der Waals surface area (Å²) in [6, 6.07) is 9.19. The number of rotatable bonds is 1. The van der Waals surface area contributed by atoms with Crippen molar-refractivity contribution in [2.75, 3.05) is 11.9 Å². The van der Waals surface area contributed by atoms with Crippen LogP contribution in [0.5, 0.6) is 0 Å². The number of hydrogen-bond donors (Lipinski definition) is 1. The molecule has 2 rings (SSSR count). The van der Waals surface area contributed by atoms with E-state index in [1.54, 1.807) is 0 Å². The Morgan fingerprint density at radius 2 is 2.25 bits per heavy atom. The first-order valence-corrected chi connectivity index (χ1v) is 5.41. The zero-order valence-electron chi connectivity index (χ0n) is 6.89. The number of benzene rings is 1. The highest BCUT2D eigenvalue weighted by Gasteiger charge is 2.16. The molecule has 1 aromatic carbocycles. The standard InChI is InChI=1S/C10H12BrN/c11-7-10-9-4-2-1-3-8(9)5-6-12-10/h1-4,10,12H,5-7H2/t10-/m0/s1. The molecular weight excluding hydrogens is 214 g/mol. The second-order valence-corrected chi connectivity index (χ2v) is 3.76. The van der Waals surface area contributed by atoms with Crippen molar-refractivity contribution in [1.82, 2.24) is 5.32 Å². The van der Waals surface area contributed by atoms with Gasteiger partial charge in [0, 0.05) is 11.4 Å². The minimum absolute atomic E-state index is 0.509. The zero-order valence-corrected chi connectivity index (χ0v) is 8.47. The van der Waals surface area contributed by atoms with Crippen LogP contribution in [0.3, 0.4) is 0 Å². The molecule has 1 nitrogen and oxygen atoms in total. The number of hydrogen-bond acceptors (Lipinski definition) is 1. The molecule has 0 saturated heterocycles. The van der Waals surface area contributed by atoms with E-state index in [-0.39, 0.29) is 0 Å². The van der Waals surface area contributed by atoms with Gasteiger partial charge in [0.05, 0.1) is 0 Å². The van der Waals surface area contributed by atoms with Crippen molar-refractivity contribution in [3.05, 3.63) is 35.4 Å². The van der Waals surface area contributed by atoms with Crippen molar-refractivity contribution in [2.24, 2.45) is 0 Å². The average Bonchev–Trinajstić information content (AvgIpc) is 2.17. The van der Waals surface area contributed by atoms with Crippen LogP contribution in [0.2, 0.25) is 0 Å². The van der Waals surface area contributed by atoms with Gasteiger partial charge in [0.25, 0.3) is 0 Å². The molecule has 1 heterocycles. The lowest BCUT2D eigenvalue weighted by Gasteiger charge is -2.25. The van der Waals surface area contributed by atoms with Gasteiger partial charge < -0.3 is 5.32 Å². The quantitative estimate of drug-likeness (QED) is 0.724. The van der Waals surface area contributed by atoms with E-state index < -0.39 is 0 Å². The maximum absolute atomic E-state index is 3.52. The molecule has 0 amide bonds. The fraction of sp³-hybridized carbons (Fsp3) is 0.400. The number of halogens is 1. The van der Waals surface area contributed by atoms with Crippen molar-refractivity contribution in [3.63, 3.8) is 0 Å². The Balaban J connectivity index is 2.37. The molecule has 2 heteroatoms. The molecular formula is C10H12BrN. The van der Waals surface area contributed by atoms with E-state index in [2.05, 4.69) is 45.5 Å². The largest absolute Gasteiger partial charge is 0.309 e. The van der Waals surface area contributed by atoms with Gasteiger partial charge in [-0.2, -0.15) is 0 Å². The molecule has 0 fully saturated rings. The molecule has 0 saturated carbocycles. The van der Waals surface area contributed by atoms with E-state index in [1.165, 1.54) is 17.5 Å². The Kier molecular flexibility index (Phi) is 2.47. The first-order valence-electron chi connectivity index (χ1n) is 4.29. The summed E-state index contributed by atoms with van der Waals surface area (Å²) in [7, 11) is 0. The molecule has 12 heavy (non-hydrogen) atoms. The van der Waals surface area contributed by atoms with Gasteiger partial charge in [-0.25, -0.2) is 0 Å². The molecule has 1 atom stereocenters. The summed E-state index contributed by atoms with van der Waals surface area (Å²) in [5.74, 6) is 0. The molecule has 1 aliphatic rings. The van der Waals surface area contributed by atoms with Crippen LogP contribution in [0, 0.1) is 0 Å². The number of nitrogens with one attached hydrogen (secondary N) is 1. The number of fused-ring (bicyclic) bond motifs is 1. The van der Waals surface area contributed by atoms with Gasteiger partial charge in [-0.1, -0.05) is 40.2 Å². The summed E-state index contributed by atoms with van der Waals surface area (Å²) in [5.41, 5.74) is 2.96. The lowest BCUT2D eigenvalue weighted by molar-refractivity contribution is 0.550. The molecule has 64 valence electrons. The zero-order chi connectivity index (χ0) is 8.39. The molecule has 1 aromatic rings. The predicted molar refractivity (Wildman–Crippen MR) is 54.7 cm³/mol. The van der Waals surface area contributed by atoms with E-state index in [0.717, 1.165) is 11.9 Å². The Hall–Kier alpha value is -0.340. The lowest BCUT2D eigenvalue weighted by atomic mass is 9.96. The third-order valence-corrected chi connectivity index (χ3v) is 3.02. The highest BCUT2D eigenvalue weighted by molar-refractivity contribution is 9.09. The fourth-order valence-electron chi connectivity index (χ4n) is 1.73. The van der Waals surface area contributed by atoms with Crippen molar-refractivity contribution >= 4 is 15.9 Å². The highest BCUT2D eigenvalue weighted by Crippen LogP contribution is 2.23. The summed E-state index contributed by atoms with van der Waals surface area (Å²) in [6.45, 7) is 1.10. The molecule has 0 radical (unpaired) electrons. The van der Waals surface area contributed by atoms with E-state index in [4.69, 9.17) is 0 Å². The van der Waals surface area contributed by atoms with Crippen LogP contribution in [-0.2, 0) is 6.42 Å². The Bertz CT molecular complexity index is 272. The first-order chi connectivity index (χ1) is 5.92. The second kappa shape index (κ2) is 3.58. The number of alkyl halides is 1. The van der Waals surface area contributed by atoms with Crippen molar-refractivity contribution < 1.29 is 0 Å². The topological polar surface area (TPSA) is 12.0 Å². The van der Waals surface area contributed by atoms with Crippen LogP contribution in [-0.4, -0.2) is 11.9 Å². The van der Waals surface area contributed by atoms with Gasteiger partial charge in [0.1, 0.15) is 0 Å². The van der Waals surface area contributed by atoms with Crippen molar-refractivity contribution in [3.8, 4) is 0 Å². The SMILES string of the molecule is BrC[C@@H]1NCCc2ccccc21. The van der Waals surface area contributed by atoms with Crippen molar-refractivity contribution in [2.45, 2.75) is 12.5 Å². The van der Waals surface area contributed by atoms with E-state index in [1.807, 2.05) is 0 Å². The van der Waals surface area contributed by atoms with Gasteiger partial charge in [-0.05, 0) is 24.1 Å². The van der Waals surface area contributed by atoms with Gasteiger partial charge in [-0.15, -0.1) is 0 Å². The van der Waals surface area contributed by atoms with E-state index >= 15 is 0 Å². The summed E-state index contributed by atoms with van der Waals surface area (Å²) < 4.78 is 0. The van der Waals surface area contributed by atoms with Crippen LogP contribution in [0.15, 0.2) is 24.3 Å². The Labute approximate surface area is 81.3 Å². The van der Waals surface area contributed by atoms with Gasteiger partial charge in [0.2, 0.25) is 0 Å². The molecule has 0 spiro atoms. The summed E-state index contributed by atoms with van der Waals surface area (Å²) in [5, 5.41) is 4.48. The fourth-order valence-corrected chi connectivity index (χ4v) is 2.31. The van der Waals surface area contributed by atoms with Crippen LogP contribution in [0.4, 0.5) is 0 Å². The molecule has 0 bridgehead atoms. The molecule has 1 N–H and O–H groups in total. The maximum atomic E-state index is 3.52. The lowest BCUT2D eigenvalue weighted by Crippen LogP contribution is -2.30. The third-order valence-electron chi connectivity index (χ3n) is 2.37. The monoisotopic (exact) mass is 225 g/mol. The molecule has 1 aliphatic heterocycles. The molecule has 0 unspecified atom stereocenters. The maximum Gasteiger partial charge on any atom is 0.0421 e. The second-order valence-electron chi connectivity index (χ2n) is 3.11. The van der Waals surface area contributed by atoms with E-state index in [9.17, 15) is 0 Å². The normalized spacial score (nSPS) is 21.9. The minimum atomic E-state index is 0.509. The van der Waals surface area contributed by atoms with E-state index in [0.29, 0.717) is 6.04 Å². The average molecular weight is 226 g/mol. The van der Waals surface area contributed by atoms with Crippen LogP contribution in [0.1, 0.15) is 17.2 Å². The summed E-state index contributed by atoms with van der Waals surface area (Å²) in [6.07, 6.45) is 1.17. The van der Waals surface area contributed by atoms with Gasteiger partial charge in [0.15, 0.2) is 0 Å². The van der Waals surface area contributed by atoms with Crippen molar-refractivity contribution in [1.29, 1.82) is 0 Å². The summed E-state index contributed by atoms with van der Waals surface area (Å²) in [4.78, 5) is 0. The molecule has 0 aromatic heterocycles. The van der Waals surface area contributed by atoms with Gasteiger partial charge >= 0.3 is 0 Å². The van der Waals surface area contributed by atoms with Crippen LogP contribution >= 0.6 is 15.9 Å². The van der Waals surface area contributed by atoms with Crippen LogP contribution < -0.4 is 5.32 Å². The molecule has 0 aliphatic carbocycles. The third kappa shape index (κ3) is 1.41. The van der Waals surface area contributed by atoms with Gasteiger partial charge in [-0.3, -0.25) is 0 Å². The Morgan fingerprint density at radius 1 is 1.42 bits per heavy atom. The Morgan fingerprint density at radius 3 is 3.08 bits per heavy atom.